The van der Waals surface area contributed by atoms with Gasteiger partial charge in [0.05, 0.1) is 6.04 Å². The van der Waals surface area contributed by atoms with Crippen LogP contribution in [0.5, 0.6) is 0 Å². The van der Waals surface area contributed by atoms with Crippen LogP contribution in [0, 0.1) is 0 Å². The summed E-state index contributed by atoms with van der Waals surface area (Å²) in [6.07, 6.45) is -2.20. The number of alkyl halides is 3. The molecule has 0 aromatic rings. The molecule has 0 aromatic carbocycles. The average molecular weight is 281 g/mol. The summed E-state index contributed by atoms with van der Waals surface area (Å²) in [5.41, 5.74) is 0. The molecule has 1 fully saturated rings. The maximum absolute atomic E-state index is 12.1. The molecule has 2 atom stereocenters. The summed E-state index contributed by atoms with van der Waals surface area (Å²) in [6.45, 7) is 4.58. The van der Waals surface area contributed by atoms with E-state index in [0.717, 1.165) is 19.4 Å². The van der Waals surface area contributed by atoms with Crippen LogP contribution in [0.1, 0.15) is 26.7 Å². The molecule has 0 spiro atoms. The minimum atomic E-state index is -4.36. The lowest BCUT2D eigenvalue weighted by Gasteiger charge is -2.29. The fourth-order valence-electron chi connectivity index (χ4n) is 2.26. The van der Waals surface area contributed by atoms with Crippen molar-refractivity contribution < 1.29 is 18.0 Å². The molecule has 112 valence electrons. The summed E-state index contributed by atoms with van der Waals surface area (Å²) in [7, 11) is 0. The van der Waals surface area contributed by atoms with Gasteiger partial charge in [-0.25, -0.2) is 0 Å². The summed E-state index contributed by atoms with van der Waals surface area (Å²) in [4.78, 5) is 13.6. The largest absolute Gasteiger partial charge is 0.405 e. The minimum absolute atomic E-state index is 0.331. The minimum Gasteiger partial charge on any atom is -0.346 e. The van der Waals surface area contributed by atoms with Gasteiger partial charge in [0.25, 0.3) is 0 Å². The average Bonchev–Trinajstić information content (AvgIpc) is 2.84. The highest BCUT2D eigenvalue weighted by atomic mass is 19.4. The van der Waals surface area contributed by atoms with Crippen molar-refractivity contribution in [2.45, 2.75) is 44.9 Å². The van der Waals surface area contributed by atoms with Crippen LogP contribution in [0.3, 0.4) is 0 Å². The predicted molar refractivity (Wildman–Crippen MR) is 66.8 cm³/mol. The number of halogens is 3. The molecule has 1 aliphatic heterocycles. The lowest BCUT2D eigenvalue weighted by molar-refractivity contribution is -0.141. The van der Waals surface area contributed by atoms with Gasteiger partial charge >= 0.3 is 6.18 Å². The van der Waals surface area contributed by atoms with Crippen molar-refractivity contribution in [1.82, 2.24) is 15.5 Å². The maximum atomic E-state index is 12.1. The number of amides is 1. The van der Waals surface area contributed by atoms with E-state index in [-0.39, 0.29) is 0 Å². The molecule has 1 amide bonds. The normalized spacial score (nSPS) is 21.7. The van der Waals surface area contributed by atoms with Crippen molar-refractivity contribution >= 4 is 5.91 Å². The Labute approximate surface area is 111 Å². The van der Waals surface area contributed by atoms with E-state index in [4.69, 9.17) is 0 Å². The van der Waals surface area contributed by atoms with E-state index < -0.39 is 24.7 Å². The zero-order chi connectivity index (χ0) is 14.5. The van der Waals surface area contributed by atoms with E-state index in [1.165, 1.54) is 0 Å². The standard InChI is InChI=1S/C12H22F3N3O/c1-3-18(7-10-5-4-6-16-10)9(2)11(19)17-8-12(13,14)15/h9-10,16H,3-8H2,1-2H3,(H,17,19). The first kappa shape index (κ1) is 16.2. The van der Waals surface area contributed by atoms with Crippen LogP contribution in [-0.4, -0.2) is 55.2 Å². The first-order valence-corrected chi connectivity index (χ1v) is 6.65. The summed E-state index contributed by atoms with van der Waals surface area (Å²) in [5, 5.41) is 5.25. The van der Waals surface area contributed by atoms with E-state index in [1.54, 1.807) is 6.92 Å². The topological polar surface area (TPSA) is 44.4 Å². The van der Waals surface area contributed by atoms with Crippen molar-refractivity contribution in [2.24, 2.45) is 0 Å². The number of carbonyl (C=O) groups excluding carboxylic acids is 1. The van der Waals surface area contributed by atoms with Crippen LogP contribution in [0.4, 0.5) is 13.2 Å². The van der Waals surface area contributed by atoms with Crippen molar-refractivity contribution in [3.05, 3.63) is 0 Å². The molecule has 7 heteroatoms. The van der Waals surface area contributed by atoms with Gasteiger partial charge in [-0.05, 0) is 32.9 Å². The zero-order valence-electron chi connectivity index (χ0n) is 11.4. The molecule has 2 unspecified atom stereocenters. The molecule has 0 bridgehead atoms. The van der Waals surface area contributed by atoms with Crippen molar-refractivity contribution in [3.8, 4) is 0 Å². The van der Waals surface area contributed by atoms with Gasteiger partial charge in [0.2, 0.25) is 5.91 Å². The smallest absolute Gasteiger partial charge is 0.346 e. The lowest BCUT2D eigenvalue weighted by Crippen LogP contribution is -2.50. The second kappa shape index (κ2) is 7.09. The van der Waals surface area contributed by atoms with Crippen LogP contribution in [0.15, 0.2) is 0 Å². The van der Waals surface area contributed by atoms with Crippen molar-refractivity contribution in [3.63, 3.8) is 0 Å². The number of hydrogen-bond acceptors (Lipinski definition) is 3. The number of hydrogen-bond donors (Lipinski definition) is 2. The van der Waals surface area contributed by atoms with Gasteiger partial charge in [-0.2, -0.15) is 13.2 Å². The Balaban J connectivity index is 2.42. The third kappa shape index (κ3) is 5.78. The summed E-state index contributed by atoms with van der Waals surface area (Å²) >= 11 is 0. The number of rotatable bonds is 6. The molecule has 19 heavy (non-hydrogen) atoms. The van der Waals surface area contributed by atoms with Crippen LogP contribution in [0.25, 0.3) is 0 Å². The third-order valence-electron chi connectivity index (χ3n) is 3.41. The molecular weight excluding hydrogens is 259 g/mol. The van der Waals surface area contributed by atoms with E-state index in [2.05, 4.69) is 5.32 Å². The highest BCUT2D eigenvalue weighted by Crippen LogP contribution is 2.13. The van der Waals surface area contributed by atoms with Gasteiger partial charge in [-0.1, -0.05) is 6.92 Å². The third-order valence-corrected chi connectivity index (χ3v) is 3.41. The van der Waals surface area contributed by atoms with Crippen molar-refractivity contribution in [2.75, 3.05) is 26.2 Å². The Kier molecular flexibility index (Phi) is 6.06. The monoisotopic (exact) mass is 281 g/mol. The van der Waals surface area contributed by atoms with Gasteiger partial charge in [0.15, 0.2) is 0 Å². The molecule has 0 aromatic heterocycles. The molecule has 0 radical (unpaired) electrons. The molecule has 0 saturated carbocycles. The van der Waals surface area contributed by atoms with Gasteiger partial charge < -0.3 is 10.6 Å². The van der Waals surface area contributed by atoms with Gasteiger partial charge in [0.1, 0.15) is 6.54 Å². The van der Waals surface area contributed by atoms with Crippen LogP contribution < -0.4 is 10.6 Å². The quantitative estimate of drug-likeness (QED) is 0.767. The lowest BCUT2D eigenvalue weighted by atomic mass is 10.1. The summed E-state index contributed by atoms with van der Waals surface area (Å²) < 4.78 is 36.2. The fourth-order valence-corrected chi connectivity index (χ4v) is 2.26. The fraction of sp³-hybridized carbons (Fsp3) is 0.917. The number of nitrogens with one attached hydrogen (secondary N) is 2. The Morgan fingerprint density at radius 2 is 2.21 bits per heavy atom. The zero-order valence-corrected chi connectivity index (χ0v) is 11.4. The Morgan fingerprint density at radius 3 is 2.68 bits per heavy atom. The molecule has 4 nitrogen and oxygen atoms in total. The Bertz CT molecular complexity index is 290. The van der Waals surface area contributed by atoms with Gasteiger partial charge in [0, 0.05) is 12.6 Å². The number of carbonyl (C=O) groups is 1. The predicted octanol–water partition coefficient (Wildman–Crippen LogP) is 1.13. The Hall–Kier alpha value is -0.820. The van der Waals surface area contributed by atoms with Gasteiger partial charge in [-0.3, -0.25) is 9.69 Å². The first-order valence-electron chi connectivity index (χ1n) is 6.65. The molecule has 1 aliphatic rings. The first-order chi connectivity index (χ1) is 8.83. The second-order valence-electron chi connectivity index (χ2n) is 4.89. The van der Waals surface area contributed by atoms with E-state index in [9.17, 15) is 18.0 Å². The second-order valence-corrected chi connectivity index (χ2v) is 4.89. The maximum Gasteiger partial charge on any atom is 0.405 e. The SMILES string of the molecule is CCN(CC1CCCN1)C(C)C(=O)NCC(F)(F)F. The van der Waals surface area contributed by atoms with E-state index >= 15 is 0 Å². The Morgan fingerprint density at radius 1 is 1.53 bits per heavy atom. The molecule has 0 aliphatic carbocycles. The molecule has 1 heterocycles. The summed E-state index contributed by atoms with van der Waals surface area (Å²) in [6, 6.07) is -0.215. The highest BCUT2D eigenvalue weighted by molar-refractivity contribution is 5.81. The summed E-state index contributed by atoms with van der Waals surface area (Å²) in [5.74, 6) is -0.572. The number of nitrogens with zero attached hydrogens (tertiary/aromatic N) is 1. The number of likely N-dealkylation sites (N-methyl/N-ethyl adjacent to an activating group) is 1. The van der Waals surface area contributed by atoms with Crippen molar-refractivity contribution in [1.29, 1.82) is 0 Å². The highest BCUT2D eigenvalue weighted by Gasteiger charge is 2.30. The van der Waals surface area contributed by atoms with Gasteiger partial charge in [-0.15, -0.1) is 0 Å². The van der Waals surface area contributed by atoms with Crippen LogP contribution in [0.2, 0.25) is 0 Å². The van der Waals surface area contributed by atoms with E-state index in [1.807, 2.05) is 17.1 Å². The van der Waals surface area contributed by atoms with E-state index in [0.29, 0.717) is 19.1 Å². The molecule has 1 saturated heterocycles. The molecular formula is C12H22F3N3O. The molecule has 2 N–H and O–H groups in total. The molecule has 1 rings (SSSR count). The van der Waals surface area contributed by atoms with Crippen LogP contribution >= 0.6 is 0 Å². The van der Waals surface area contributed by atoms with Crippen LogP contribution in [-0.2, 0) is 4.79 Å².